The summed E-state index contributed by atoms with van der Waals surface area (Å²) in [5.74, 6) is 2.28. The molecular weight excluding hydrogens is 272 g/mol. The van der Waals surface area contributed by atoms with Crippen LogP contribution in [0.1, 0.15) is 18.9 Å². The maximum atomic E-state index is 6.01. The molecule has 0 bridgehead atoms. The van der Waals surface area contributed by atoms with Gasteiger partial charge in [-0.05, 0) is 19.4 Å². The molecule has 0 aliphatic carbocycles. The lowest BCUT2D eigenvalue weighted by molar-refractivity contribution is -0.0472. The first-order chi connectivity index (χ1) is 9.65. The standard InChI is InChI=1S/C15H20N2O2S/c1-10-7-11-8-20-14(16)17-15(11,9-19-10)12-5-3-4-6-13(12)18-2/h3-6,10-11H,7-9H2,1-2H3,(H2,16,17)/t10-,11-,15-/m0/s1. The number of hydrogen-bond acceptors (Lipinski definition) is 5. The van der Waals surface area contributed by atoms with Crippen molar-refractivity contribution < 1.29 is 9.47 Å². The summed E-state index contributed by atoms with van der Waals surface area (Å²) in [6, 6.07) is 8.06. The molecule has 1 aromatic rings. The normalized spacial score (nSPS) is 33.2. The third kappa shape index (κ3) is 2.19. The van der Waals surface area contributed by atoms with Crippen molar-refractivity contribution in [3.8, 4) is 5.75 Å². The maximum absolute atomic E-state index is 6.01. The van der Waals surface area contributed by atoms with E-state index in [0.29, 0.717) is 17.7 Å². The van der Waals surface area contributed by atoms with E-state index in [2.05, 4.69) is 13.0 Å². The minimum Gasteiger partial charge on any atom is -0.496 e. The van der Waals surface area contributed by atoms with Gasteiger partial charge in [-0.25, -0.2) is 4.99 Å². The Balaban J connectivity index is 2.12. The van der Waals surface area contributed by atoms with E-state index in [1.165, 1.54) is 0 Å². The summed E-state index contributed by atoms with van der Waals surface area (Å²) in [4.78, 5) is 4.80. The SMILES string of the molecule is COc1ccccc1[C@]12CO[C@@H](C)C[C@H]1CSC(N)=N2. The van der Waals surface area contributed by atoms with E-state index in [4.69, 9.17) is 20.2 Å². The van der Waals surface area contributed by atoms with Crippen LogP contribution in [0.5, 0.6) is 5.75 Å². The molecule has 0 aromatic heterocycles. The van der Waals surface area contributed by atoms with Crippen LogP contribution in [0.4, 0.5) is 0 Å². The van der Waals surface area contributed by atoms with E-state index >= 15 is 0 Å². The van der Waals surface area contributed by atoms with E-state index in [0.717, 1.165) is 23.5 Å². The fraction of sp³-hybridized carbons (Fsp3) is 0.533. The summed E-state index contributed by atoms with van der Waals surface area (Å²) in [5.41, 5.74) is 6.70. The fourth-order valence-electron chi connectivity index (χ4n) is 3.16. The average Bonchev–Trinajstić information content (AvgIpc) is 2.47. The van der Waals surface area contributed by atoms with Crippen molar-refractivity contribution in [2.45, 2.75) is 25.0 Å². The van der Waals surface area contributed by atoms with E-state index in [-0.39, 0.29) is 6.10 Å². The van der Waals surface area contributed by atoms with Gasteiger partial charge < -0.3 is 15.2 Å². The number of nitrogens with zero attached hydrogens (tertiary/aromatic N) is 1. The van der Waals surface area contributed by atoms with Crippen molar-refractivity contribution in [1.82, 2.24) is 0 Å². The quantitative estimate of drug-likeness (QED) is 0.909. The highest BCUT2D eigenvalue weighted by molar-refractivity contribution is 8.13. The minimum absolute atomic E-state index is 0.276. The zero-order valence-corrected chi connectivity index (χ0v) is 12.7. The number of thioether (sulfide) groups is 1. The third-order valence-corrected chi connectivity index (χ3v) is 5.15. The third-order valence-electron chi connectivity index (χ3n) is 4.20. The first kappa shape index (κ1) is 13.8. The lowest BCUT2D eigenvalue weighted by Crippen LogP contribution is -2.49. The van der Waals surface area contributed by atoms with Crippen LogP contribution < -0.4 is 10.5 Å². The highest BCUT2D eigenvalue weighted by atomic mass is 32.2. The van der Waals surface area contributed by atoms with Crippen molar-refractivity contribution in [1.29, 1.82) is 0 Å². The molecule has 20 heavy (non-hydrogen) atoms. The summed E-state index contributed by atoms with van der Waals surface area (Å²) in [7, 11) is 1.70. The zero-order chi connectivity index (χ0) is 14.2. The Kier molecular flexibility index (Phi) is 3.65. The van der Waals surface area contributed by atoms with Gasteiger partial charge in [0.25, 0.3) is 0 Å². The summed E-state index contributed by atoms with van der Waals surface area (Å²) in [5, 5.41) is 0.644. The van der Waals surface area contributed by atoms with Crippen LogP contribution in [0.3, 0.4) is 0 Å². The summed E-state index contributed by atoms with van der Waals surface area (Å²) < 4.78 is 11.5. The second-order valence-electron chi connectivity index (χ2n) is 5.44. The van der Waals surface area contributed by atoms with Gasteiger partial charge in [0.05, 0.1) is 19.8 Å². The van der Waals surface area contributed by atoms with Crippen LogP contribution in [0, 0.1) is 5.92 Å². The van der Waals surface area contributed by atoms with Crippen LogP contribution in [-0.4, -0.2) is 30.7 Å². The highest BCUT2D eigenvalue weighted by Crippen LogP contribution is 2.48. The molecule has 0 saturated carbocycles. The molecule has 5 heteroatoms. The fourth-order valence-corrected chi connectivity index (χ4v) is 4.17. The Hall–Kier alpha value is -1.20. The van der Waals surface area contributed by atoms with Crippen LogP contribution in [-0.2, 0) is 10.3 Å². The number of nitrogens with two attached hydrogens (primary N) is 1. The van der Waals surface area contributed by atoms with Crippen molar-refractivity contribution in [2.24, 2.45) is 16.6 Å². The molecule has 2 aliphatic heterocycles. The smallest absolute Gasteiger partial charge is 0.154 e. The van der Waals surface area contributed by atoms with Crippen LogP contribution in [0.15, 0.2) is 29.3 Å². The molecule has 3 atom stereocenters. The number of para-hydroxylation sites is 1. The number of methoxy groups -OCH3 is 1. The van der Waals surface area contributed by atoms with Crippen LogP contribution in [0.2, 0.25) is 0 Å². The molecule has 2 aliphatic rings. The number of fused-ring (bicyclic) bond motifs is 1. The second-order valence-corrected chi connectivity index (χ2v) is 6.48. The zero-order valence-electron chi connectivity index (χ0n) is 11.8. The molecule has 1 saturated heterocycles. The highest BCUT2D eigenvalue weighted by Gasteiger charge is 2.48. The van der Waals surface area contributed by atoms with Gasteiger partial charge in [-0.3, -0.25) is 0 Å². The Labute approximate surface area is 123 Å². The number of benzene rings is 1. The Morgan fingerprint density at radius 1 is 1.45 bits per heavy atom. The average molecular weight is 292 g/mol. The van der Waals surface area contributed by atoms with Crippen LogP contribution >= 0.6 is 11.8 Å². The molecule has 1 fully saturated rings. The van der Waals surface area contributed by atoms with Gasteiger partial charge in [0.1, 0.15) is 11.3 Å². The predicted molar refractivity (Wildman–Crippen MR) is 82.3 cm³/mol. The van der Waals surface area contributed by atoms with Gasteiger partial charge in [0.2, 0.25) is 0 Å². The van der Waals surface area contributed by atoms with Gasteiger partial charge in [-0.15, -0.1) is 0 Å². The Bertz CT molecular complexity index is 534. The van der Waals surface area contributed by atoms with Gasteiger partial charge in [0.15, 0.2) is 5.17 Å². The van der Waals surface area contributed by atoms with Crippen molar-refractivity contribution in [2.75, 3.05) is 19.5 Å². The van der Waals surface area contributed by atoms with Gasteiger partial charge >= 0.3 is 0 Å². The lowest BCUT2D eigenvalue weighted by atomic mass is 9.75. The molecule has 4 nitrogen and oxygen atoms in total. The largest absolute Gasteiger partial charge is 0.496 e. The number of hydrogen-bond donors (Lipinski definition) is 1. The predicted octanol–water partition coefficient (Wildman–Crippen LogP) is 2.38. The molecule has 2 heterocycles. The summed E-state index contributed by atoms with van der Waals surface area (Å²) in [6.07, 6.45) is 1.28. The lowest BCUT2D eigenvalue weighted by Gasteiger charge is -2.46. The number of rotatable bonds is 2. The van der Waals surface area contributed by atoms with Crippen molar-refractivity contribution in [3.05, 3.63) is 29.8 Å². The topological polar surface area (TPSA) is 56.8 Å². The van der Waals surface area contributed by atoms with Crippen molar-refractivity contribution >= 4 is 16.9 Å². The maximum Gasteiger partial charge on any atom is 0.154 e. The Morgan fingerprint density at radius 3 is 3.05 bits per heavy atom. The van der Waals surface area contributed by atoms with Gasteiger partial charge in [0, 0.05) is 17.2 Å². The molecule has 108 valence electrons. The van der Waals surface area contributed by atoms with E-state index in [1.807, 2.05) is 18.2 Å². The molecule has 3 rings (SSSR count). The van der Waals surface area contributed by atoms with E-state index < -0.39 is 5.54 Å². The van der Waals surface area contributed by atoms with Crippen LogP contribution in [0.25, 0.3) is 0 Å². The van der Waals surface area contributed by atoms with Crippen molar-refractivity contribution in [3.63, 3.8) is 0 Å². The monoisotopic (exact) mass is 292 g/mol. The summed E-state index contributed by atoms with van der Waals surface area (Å²) >= 11 is 1.64. The first-order valence-corrected chi connectivity index (χ1v) is 7.87. The minimum atomic E-state index is -0.394. The molecule has 0 amide bonds. The van der Waals surface area contributed by atoms with E-state index in [9.17, 15) is 0 Å². The molecule has 2 N–H and O–H groups in total. The molecule has 0 spiro atoms. The molecule has 1 aromatic carbocycles. The number of ether oxygens (including phenoxy) is 2. The van der Waals surface area contributed by atoms with Gasteiger partial charge in [-0.1, -0.05) is 30.0 Å². The molecular formula is C15H20N2O2S. The molecule has 0 unspecified atom stereocenters. The van der Waals surface area contributed by atoms with E-state index in [1.54, 1.807) is 18.9 Å². The van der Waals surface area contributed by atoms with Gasteiger partial charge in [-0.2, -0.15) is 0 Å². The molecule has 0 radical (unpaired) electrons. The first-order valence-electron chi connectivity index (χ1n) is 6.89. The summed E-state index contributed by atoms with van der Waals surface area (Å²) in [6.45, 7) is 2.69. The second kappa shape index (κ2) is 5.30. The number of aliphatic imine (C=N–C) groups is 1. The number of amidine groups is 1. The Morgan fingerprint density at radius 2 is 2.25 bits per heavy atom.